The molecule has 0 aliphatic heterocycles. The van der Waals surface area contributed by atoms with Crippen molar-refractivity contribution in [1.82, 2.24) is 19.9 Å². The maximum Gasteiger partial charge on any atom is 0.434 e. The van der Waals surface area contributed by atoms with Crippen molar-refractivity contribution in [3.05, 3.63) is 23.8 Å². The van der Waals surface area contributed by atoms with Gasteiger partial charge in [-0.25, -0.2) is 15.0 Å². The van der Waals surface area contributed by atoms with E-state index in [1.165, 1.54) is 0 Å². The lowest BCUT2D eigenvalue weighted by molar-refractivity contribution is -0.141. The van der Waals surface area contributed by atoms with Gasteiger partial charge in [-0.2, -0.15) is 18.2 Å². The van der Waals surface area contributed by atoms with Crippen LogP contribution in [0.1, 0.15) is 31.2 Å². The first-order valence-electron chi connectivity index (χ1n) is 9.82. The highest BCUT2D eigenvalue weighted by molar-refractivity contribution is 5.81. The molecule has 9 nitrogen and oxygen atoms in total. The van der Waals surface area contributed by atoms with E-state index in [4.69, 9.17) is 0 Å². The van der Waals surface area contributed by atoms with Gasteiger partial charge in [0.1, 0.15) is 11.5 Å². The summed E-state index contributed by atoms with van der Waals surface area (Å²) in [7, 11) is 3.66. The minimum absolute atomic E-state index is 0.110. The zero-order chi connectivity index (χ0) is 22.8. The number of carbonyl (C=O) groups excluding carboxylic acids is 1. The zero-order valence-corrected chi connectivity index (χ0v) is 17.7. The summed E-state index contributed by atoms with van der Waals surface area (Å²) < 4.78 is 38.0. The molecule has 0 radical (unpaired) electrons. The number of amides is 1. The number of carbonyl (C=O) groups is 1. The highest BCUT2D eigenvalue weighted by Crippen LogP contribution is 2.32. The van der Waals surface area contributed by atoms with E-state index >= 15 is 0 Å². The second-order valence-corrected chi connectivity index (χ2v) is 7.44. The number of nitrogens with one attached hydrogen (secondary N) is 2. The van der Waals surface area contributed by atoms with E-state index in [1.54, 1.807) is 14.0 Å². The Bertz CT molecular complexity index is 916. The maximum absolute atomic E-state index is 12.7. The van der Waals surface area contributed by atoms with Gasteiger partial charge in [-0.15, -0.1) is 0 Å². The third-order valence-corrected chi connectivity index (χ3v) is 5.39. The van der Waals surface area contributed by atoms with Gasteiger partial charge in [0.2, 0.25) is 12.4 Å². The predicted molar refractivity (Wildman–Crippen MR) is 111 cm³/mol. The Kier molecular flexibility index (Phi) is 6.46. The molecule has 1 aliphatic rings. The molecule has 2 N–H and O–H groups in total. The molecule has 168 valence electrons. The van der Waals surface area contributed by atoms with Crippen molar-refractivity contribution in [2.24, 2.45) is 0 Å². The van der Waals surface area contributed by atoms with Gasteiger partial charge < -0.3 is 20.4 Å². The average molecular weight is 438 g/mol. The SMILES string of the molecule is CCN(C)c1nc(NC2CC(N(C)c3cnc(C(F)(F)F)cn3)C2)nc(C)c1NC=O. The number of rotatable bonds is 8. The van der Waals surface area contributed by atoms with Crippen LogP contribution in [0.25, 0.3) is 0 Å². The van der Waals surface area contributed by atoms with Crippen molar-refractivity contribution in [3.8, 4) is 0 Å². The lowest BCUT2D eigenvalue weighted by atomic mass is 9.86. The summed E-state index contributed by atoms with van der Waals surface area (Å²) in [6.45, 7) is 4.48. The van der Waals surface area contributed by atoms with Crippen molar-refractivity contribution >= 4 is 29.7 Å². The number of alkyl halides is 3. The largest absolute Gasteiger partial charge is 0.434 e. The Balaban J connectivity index is 1.64. The smallest absolute Gasteiger partial charge is 0.358 e. The Hall–Kier alpha value is -3.18. The Morgan fingerprint density at radius 1 is 1.19 bits per heavy atom. The Labute approximate surface area is 178 Å². The van der Waals surface area contributed by atoms with Crippen molar-refractivity contribution in [2.75, 3.05) is 41.1 Å². The molecule has 2 aromatic rings. The van der Waals surface area contributed by atoms with Crippen LogP contribution in [0.5, 0.6) is 0 Å². The van der Waals surface area contributed by atoms with E-state index in [2.05, 4.69) is 30.6 Å². The predicted octanol–water partition coefficient (Wildman–Crippen LogP) is 2.70. The number of halogens is 3. The van der Waals surface area contributed by atoms with Gasteiger partial charge in [0.05, 0.1) is 18.1 Å². The summed E-state index contributed by atoms with van der Waals surface area (Å²) in [5, 5.41) is 5.95. The molecule has 0 spiro atoms. The first kappa shape index (κ1) is 22.5. The van der Waals surface area contributed by atoms with Crippen LogP contribution in [-0.2, 0) is 11.0 Å². The van der Waals surface area contributed by atoms with Gasteiger partial charge in [0.25, 0.3) is 0 Å². The van der Waals surface area contributed by atoms with Crippen LogP contribution < -0.4 is 20.4 Å². The molecule has 0 atom stereocenters. The van der Waals surface area contributed by atoms with Crippen molar-refractivity contribution in [3.63, 3.8) is 0 Å². The minimum Gasteiger partial charge on any atom is -0.358 e. The van der Waals surface area contributed by atoms with E-state index in [0.29, 0.717) is 41.9 Å². The fourth-order valence-electron chi connectivity index (χ4n) is 3.32. The minimum atomic E-state index is -4.50. The quantitative estimate of drug-likeness (QED) is 0.607. The molecule has 1 amide bonds. The molecular weight excluding hydrogens is 413 g/mol. The molecule has 1 fully saturated rings. The lowest BCUT2D eigenvalue weighted by Crippen LogP contribution is -2.49. The summed E-state index contributed by atoms with van der Waals surface area (Å²) >= 11 is 0. The number of aryl methyl sites for hydroxylation is 1. The van der Waals surface area contributed by atoms with Crippen molar-refractivity contribution < 1.29 is 18.0 Å². The van der Waals surface area contributed by atoms with Gasteiger partial charge in [-0.1, -0.05) is 0 Å². The first-order valence-corrected chi connectivity index (χ1v) is 9.82. The second kappa shape index (κ2) is 8.90. The molecule has 2 heterocycles. The fraction of sp³-hybridized carbons (Fsp3) is 0.526. The highest BCUT2D eigenvalue weighted by atomic mass is 19.4. The topological polar surface area (TPSA) is 99.2 Å². The second-order valence-electron chi connectivity index (χ2n) is 7.44. The van der Waals surface area contributed by atoms with Gasteiger partial charge >= 0.3 is 6.18 Å². The molecular formula is C19H25F3N8O. The van der Waals surface area contributed by atoms with Gasteiger partial charge in [0, 0.05) is 32.7 Å². The summed E-state index contributed by atoms with van der Waals surface area (Å²) in [5.74, 6) is 1.47. The summed E-state index contributed by atoms with van der Waals surface area (Å²) in [6, 6.07) is 0.220. The van der Waals surface area contributed by atoms with Crippen LogP contribution in [-0.4, -0.2) is 59.1 Å². The van der Waals surface area contributed by atoms with E-state index in [1.807, 2.05) is 23.8 Å². The third kappa shape index (κ3) is 4.94. The highest BCUT2D eigenvalue weighted by Gasteiger charge is 2.35. The van der Waals surface area contributed by atoms with Gasteiger partial charge in [-0.3, -0.25) is 4.79 Å². The molecule has 0 unspecified atom stereocenters. The Morgan fingerprint density at radius 2 is 1.90 bits per heavy atom. The number of hydrogen-bond donors (Lipinski definition) is 2. The summed E-state index contributed by atoms with van der Waals surface area (Å²) in [6.07, 6.45) is -0.527. The van der Waals surface area contributed by atoms with E-state index in [9.17, 15) is 18.0 Å². The van der Waals surface area contributed by atoms with Crippen LogP contribution >= 0.6 is 0 Å². The molecule has 1 aliphatic carbocycles. The number of aromatic nitrogens is 4. The van der Waals surface area contributed by atoms with Gasteiger partial charge in [0.15, 0.2) is 11.5 Å². The van der Waals surface area contributed by atoms with E-state index in [0.717, 1.165) is 25.2 Å². The standard InChI is InChI=1S/C19H25F3N8O/c1-5-29(3)17-16(25-10-31)11(2)26-18(28-17)27-12-6-13(7-12)30(4)15-9-23-14(8-24-15)19(20,21)22/h8-10,12-13H,5-7H2,1-4H3,(H,25,31)(H,26,27,28). The third-order valence-electron chi connectivity index (χ3n) is 5.39. The maximum atomic E-state index is 12.7. The molecule has 31 heavy (non-hydrogen) atoms. The molecule has 3 rings (SSSR count). The first-order chi connectivity index (χ1) is 14.6. The monoisotopic (exact) mass is 438 g/mol. The van der Waals surface area contributed by atoms with Crippen LogP contribution in [0.3, 0.4) is 0 Å². The zero-order valence-electron chi connectivity index (χ0n) is 17.7. The van der Waals surface area contributed by atoms with Gasteiger partial charge in [-0.05, 0) is 26.7 Å². The lowest BCUT2D eigenvalue weighted by Gasteiger charge is -2.42. The number of nitrogens with zero attached hydrogens (tertiary/aromatic N) is 6. The van der Waals surface area contributed by atoms with Crippen molar-refractivity contribution in [2.45, 2.75) is 44.9 Å². The van der Waals surface area contributed by atoms with Crippen LogP contribution in [0.2, 0.25) is 0 Å². The molecule has 0 saturated heterocycles. The normalized spacial score (nSPS) is 18.2. The van der Waals surface area contributed by atoms with E-state index in [-0.39, 0.29) is 12.1 Å². The van der Waals surface area contributed by atoms with Crippen LogP contribution in [0.15, 0.2) is 12.4 Å². The molecule has 12 heteroatoms. The number of hydrogen-bond acceptors (Lipinski definition) is 8. The van der Waals surface area contributed by atoms with Crippen LogP contribution in [0.4, 0.5) is 36.4 Å². The van der Waals surface area contributed by atoms with Crippen molar-refractivity contribution in [1.29, 1.82) is 0 Å². The molecule has 1 saturated carbocycles. The molecule has 2 aromatic heterocycles. The summed E-state index contributed by atoms with van der Waals surface area (Å²) in [4.78, 5) is 31.0. The molecule has 0 aromatic carbocycles. The summed E-state index contributed by atoms with van der Waals surface area (Å²) in [5.41, 5.74) is 0.204. The molecule has 0 bridgehead atoms. The van der Waals surface area contributed by atoms with E-state index < -0.39 is 11.9 Å². The average Bonchev–Trinajstić information content (AvgIpc) is 2.70. The number of anilines is 4. The van der Waals surface area contributed by atoms with Crippen LogP contribution in [0, 0.1) is 6.92 Å². The fourth-order valence-corrected chi connectivity index (χ4v) is 3.32. The Morgan fingerprint density at radius 3 is 2.45 bits per heavy atom.